The Bertz CT molecular complexity index is 654. The zero-order valence-electron chi connectivity index (χ0n) is 11.8. The van der Waals surface area contributed by atoms with Gasteiger partial charge in [-0.2, -0.15) is 0 Å². The highest BCUT2D eigenvalue weighted by Gasteiger charge is 2.21. The highest BCUT2D eigenvalue weighted by molar-refractivity contribution is 6.32. The molecule has 1 heterocycles. The second-order valence-electron chi connectivity index (χ2n) is 5.13. The molecule has 1 aliphatic rings. The van der Waals surface area contributed by atoms with Gasteiger partial charge in [0.1, 0.15) is 6.10 Å². The number of ether oxygens (including phenoxy) is 2. The maximum Gasteiger partial charge on any atom is 0.231 e. The second kappa shape index (κ2) is 5.96. The van der Waals surface area contributed by atoms with Gasteiger partial charge in [-0.25, -0.2) is 0 Å². The van der Waals surface area contributed by atoms with E-state index in [2.05, 4.69) is 13.0 Å². The van der Waals surface area contributed by atoms with E-state index in [-0.39, 0.29) is 6.79 Å². The number of halogens is 1. The molecule has 1 unspecified atom stereocenters. The van der Waals surface area contributed by atoms with Crippen LogP contribution in [0.2, 0.25) is 5.02 Å². The van der Waals surface area contributed by atoms with Crippen LogP contribution in [-0.2, 0) is 6.42 Å². The van der Waals surface area contributed by atoms with Crippen LogP contribution in [0.5, 0.6) is 11.5 Å². The van der Waals surface area contributed by atoms with Crippen molar-refractivity contribution in [3.63, 3.8) is 0 Å². The highest BCUT2D eigenvalue weighted by Crippen LogP contribution is 2.41. The van der Waals surface area contributed by atoms with Gasteiger partial charge in [-0.05, 0) is 35.2 Å². The first-order valence-electron chi connectivity index (χ1n) is 7.05. The lowest BCUT2D eigenvalue weighted by atomic mass is 9.98. The fourth-order valence-corrected chi connectivity index (χ4v) is 2.82. The van der Waals surface area contributed by atoms with Gasteiger partial charge in [0.25, 0.3) is 0 Å². The average Bonchev–Trinajstić information content (AvgIpc) is 2.96. The molecule has 110 valence electrons. The summed E-state index contributed by atoms with van der Waals surface area (Å²) in [5.74, 6) is 1.13. The Balaban J connectivity index is 1.93. The molecule has 2 aromatic carbocycles. The van der Waals surface area contributed by atoms with E-state index in [1.807, 2.05) is 18.2 Å². The summed E-state index contributed by atoms with van der Waals surface area (Å²) in [5.41, 5.74) is 2.79. The van der Waals surface area contributed by atoms with Crippen molar-refractivity contribution >= 4 is 11.6 Å². The SMILES string of the molecule is CCCc1cccc(C(O)c2cc(Cl)c3c(c2)OCO3)c1. The third kappa shape index (κ3) is 2.85. The Morgan fingerprint density at radius 3 is 2.86 bits per heavy atom. The maximum atomic E-state index is 10.6. The molecule has 21 heavy (non-hydrogen) atoms. The molecule has 3 rings (SSSR count). The normalized spacial score (nSPS) is 14.2. The third-order valence-corrected chi connectivity index (χ3v) is 3.85. The van der Waals surface area contributed by atoms with Crippen molar-refractivity contribution in [3.05, 3.63) is 58.1 Å². The van der Waals surface area contributed by atoms with Crippen molar-refractivity contribution in [2.24, 2.45) is 0 Å². The minimum absolute atomic E-state index is 0.167. The van der Waals surface area contributed by atoms with Crippen molar-refractivity contribution in [3.8, 4) is 11.5 Å². The van der Waals surface area contributed by atoms with Gasteiger partial charge in [-0.3, -0.25) is 0 Å². The molecule has 0 spiro atoms. The molecule has 0 radical (unpaired) electrons. The predicted octanol–water partition coefficient (Wildman–Crippen LogP) is 4.10. The van der Waals surface area contributed by atoms with Gasteiger partial charge >= 0.3 is 0 Å². The van der Waals surface area contributed by atoms with Crippen molar-refractivity contribution in [2.45, 2.75) is 25.9 Å². The smallest absolute Gasteiger partial charge is 0.231 e. The fraction of sp³-hybridized carbons (Fsp3) is 0.294. The molecule has 0 aromatic heterocycles. The van der Waals surface area contributed by atoms with E-state index in [0.717, 1.165) is 18.4 Å². The number of fused-ring (bicyclic) bond motifs is 1. The summed E-state index contributed by atoms with van der Waals surface area (Å²) in [4.78, 5) is 0. The van der Waals surface area contributed by atoms with Gasteiger partial charge in [0.15, 0.2) is 11.5 Å². The van der Waals surface area contributed by atoms with Crippen LogP contribution >= 0.6 is 11.6 Å². The van der Waals surface area contributed by atoms with E-state index in [0.29, 0.717) is 22.1 Å². The molecule has 0 amide bonds. The number of aliphatic hydroxyl groups is 1. The minimum Gasteiger partial charge on any atom is -0.454 e. The van der Waals surface area contributed by atoms with Crippen molar-refractivity contribution in [2.75, 3.05) is 6.79 Å². The Kier molecular flexibility index (Phi) is 4.04. The number of aryl methyl sites for hydroxylation is 1. The van der Waals surface area contributed by atoms with Crippen LogP contribution in [0, 0.1) is 0 Å². The van der Waals surface area contributed by atoms with E-state index >= 15 is 0 Å². The first-order valence-corrected chi connectivity index (χ1v) is 7.42. The van der Waals surface area contributed by atoms with E-state index in [9.17, 15) is 5.11 Å². The molecule has 4 heteroatoms. The summed E-state index contributed by atoms with van der Waals surface area (Å²) in [7, 11) is 0. The molecular weight excluding hydrogens is 288 g/mol. The third-order valence-electron chi connectivity index (χ3n) is 3.57. The Morgan fingerprint density at radius 1 is 1.19 bits per heavy atom. The summed E-state index contributed by atoms with van der Waals surface area (Å²) >= 11 is 6.17. The Labute approximate surface area is 129 Å². The summed E-state index contributed by atoms with van der Waals surface area (Å²) in [6, 6.07) is 11.5. The number of hydrogen-bond donors (Lipinski definition) is 1. The maximum absolute atomic E-state index is 10.6. The van der Waals surface area contributed by atoms with Crippen LogP contribution in [0.1, 0.15) is 36.1 Å². The van der Waals surface area contributed by atoms with Gasteiger partial charge in [-0.1, -0.05) is 49.2 Å². The van der Waals surface area contributed by atoms with E-state index in [1.165, 1.54) is 5.56 Å². The predicted molar refractivity (Wildman–Crippen MR) is 82.1 cm³/mol. The lowest BCUT2D eigenvalue weighted by Crippen LogP contribution is -2.01. The molecule has 2 aromatic rings. The number of rotatable bonds is 4. The summed E-state index contributed by atoms with van der Waals surface area (Å²) in [6.07, 6.45) is 1.35. The van der Waals surface area contributed by atoms with Gasteiger partial charge in [0, 0.05) is 0 Å². The van der Waals surface area contributed by atoms with E-state index in [4.69, 9.17) is 21.1 Å². The molecule has 1 aliphatic heterocycles. The van der Waals surface area contributed by atoms with E-state index < -0.39 is 6.10 Å². The molecule has 0 saturated carbocycles. The zero-order chi connectivity index (χ0) is 14.8. The minimum atomic E-state index is -0.728. The van der Waals surface area contributed by atoms with Gasteiger partial charge in [0.05, 0.1) is 5.02 Å². The van der Waals surface area contributed by atoms with Crippen LogP contribution in [-0.4, -0.2) is 11.9 Å². The molecule has 3 nitrogen and oxygen atoms in total. The van der Waals surface area contributed by atoms with Gasteiger partial charge < -0.3 is 14.6 Å². The Morgan fingerprint density at radius 2 is 2.05 bits per heavy atom. The standard InChI is InChI=1S/C17H17ClO3/c1-2-4-11-5-3-6-12(7-11)16(19)13-8-14(18)17-15(9-13)20-10-21-17/h3,5-9,16,19H,2,4,10H2,1H3. The molecule has 0 saturated heterocycles. The summed E-state index contributed by atoms with van der Waals surface area (Å²) < 4.78 is 10.6. The molecular formula is C17H17ClO3. The van der Waals surface area contributed by atoms with Crippen molar-refractivity contribution in [1.29, 1.82) is 0 Å². The average molecular weight is 305 g/mol. The molecule has 0 aliphatic carbocycles. The molecule has 0 bridgehead atoms. The monoisotopic (exact) mass is 304 g/mol. The van der Waals surface area contributed by atoms with Crippen molar-refractivity contribution < 1.29 is 14.6 Å². The van der Waals surface area contributed by atoms with E-state index in [1.54, 1.807) is 12.1 Å². The van der Waals surface area contributed by atoms with Crippen LogP contribution in [0.4, 0.5) is 0 Å². The summed E-state index contributed by atoms with van der Waals surface area (Å²) in [6.45, 7) is 2.31. The lowest BCUT2D eigenvalue weighted by molar-refractivity contribution is 0.173. The topological polar surface area (TPSA) is 38.7 Å². The number of hydrogen-bond acceptors (Lipinski definition) is 3. The fourth-order valence-electron chi connectivity index (χ4n) is 2.55. The summed E-state index contributed by atoms with van der Waals surface area (Å²) in [5, 5.41) is 11.0. The van der Waals surface area contributed by atoms with Gasteiger partial charge in [0.2, 0.25) is 6.79 Å². The van der Waals surface area contributed by atoms with Crippen LogP contribution in [0.15, 0.2) is 36.4 Å². The second-order valence-corrected chi connectivity index (χ2v) is 5.54. The van der Waals surface area contributed by atoms with Crippen LogP contribution < -0.4 is 9.47 Å². The molecule has 1 atom stereocenters. The van der Waals surface area contributed by atoms with Gasteiger partial charge in [-0.15, -0.1) is 0 Å². The zero-order valence-corrected chi connectivity index (χ0v) is 12.6. The highest BCUT2D eigenvalue weighted by atomic mass is 35.5. The molecule has 1 N–H and O–H groups in total. The lowest BCUT2D eigenvalue weighted by Gasteiger charge is -2.14. The van der Waals surface area contributed by atoms with Crippen LogP contribution in [0.3, 0.4) is 0 Å². The Hall–Kier alpha value is -1.71. The quantitative estimate of drug-likeness (QED) is 0.924. The number of benzene rings is 2. The first kappa shape index (κ1) is 14.2. The van der Waals surface area contributed by atoms with Crippen LogP contribution in [0.25, 0.3) is 0 Å². The molecule has 0 fully saturated rings. The first-order chi connectivity index (χ1) is 10.2. The largest absolute Gasteiger partial charge is 0.454 e. The van der Waals surface area contributed by atoms with Crippen molar-refractivity contribution in [1.82, 2.24) is 0 Å². The number of aliphatic hydroxyl groups excluding tert-OH is 1.